The van der Waals surface area contributed by atoms with Gasteiger partial charge in [-0.2, -0.15) is 0 Å². The van der Waals surface area contributed by atoms with Gasteiger partial charge in [0.2, 0.25) is 0 Å². The Balaban J connectivity index is 2.15. The van der Waals surface area contributed by atoms with Gasteiger partial charge in [-0.3, -0.25) is 0 Å². The first-order chi connectivity index (χ1) is 9.55. The van der Waals surface area contributed by atoms with Crippen molar-refractivity contribution in [3.8, 4) is 0 Å². The number of nitrogens with two attached hydrogens (primary N) is 1. The van der Waals surface area contributed by atoms with Crippen LogP contribution in [-0.4, -0.2) is 0 Å². The van der Waals surface area contributed by atoms with E-state index in [9.17, 15) is 0 Å². The molecule has 20 heavy (non-hydrogen) atoms. The van der Waals surface area contributed by atoms with E-state index in [-0.39, 0.29) is 5.54 Å². The molecular formula is C19H31N. The minimum Gasteiger partial charge on any atom is -0.321 e. The molecule has 1 aliphatic carbocycles. The maximum Gasteiger partial charge on any atom is 0.0409 e. The van der Waals surface area contributed by atoms with Crippen molar-refractivity contribution in [2.75, 3.05) is 0 Å². The molecule has 1 heteroatoms. The number of hydrogen-bond donors (Lipinski definition) is 1. The second-order valence-electron chi connectivity index (χ2n) is 7.04. The Kier molecular flexibility index (Phi) is 5.26. The van der Waals surface area contributed by atoms with Crippen molar-refractivity contribution in [2.24, 2.45) is 17.6 Å². The van der Waals surface area contributed by atoms with Gasteiger partial charge in [0.15, 0.2) is 0 Å². The lowest BCUT2D eigenvalue weighted by atomic mass is 9.82. The first kappa shape index (κ1) is 15.6. The maximum absolute atomic E-state index is 6.81. The fourth-order valence-electron chi connectivity index (χ4n) is 3.67. The van der Waals surface area contributed by atoms with Gasteiger partial charge in [0.1, 0.15) is 0 Å². The molecule has 1 aliphatic rings. The summed E-state index contributed by atoms with van der Waals surface area (Å²) in [6.45, 7) is 6.95. The van der Waals surface area contributed by atoms with Crippen molar-refractivity contribution in [3.63, 3.8) is 0 Å². The summed E-state index contributed by atoms with van der Waals surface area (Å²) in [5.74, 6) is 1.66. The van der Waals surface area contributed by atoms with Crippen molar-refractivity contribution in [2.45, 2.75) is 71.3 Å². The van der Waals surface area contributed by atoms with Crippen molar-refractivity contribution >= 4 is 0 Å². The molecule has 1 fully saturated rings. The highest BCUT2D eigenvalue weighted by molar-refractivity contribution is 5.29. The third-order valence-electron chi connectivity index (χ3n) is 5.14. The molecule has 0 bridgehead atoms. The molecule has 0 aromatic heterocycles. The van der Waals surface area contributed by atoms with Crippen molar-refractivity contribution in [3.05, 3.63) is 35.4 Å². The van der Waals surface area contributed by atoms with Gasteiger partial charge < -0.3 is 5.73 Å². The third kappa shape index (κ3) is 3.63. The Bertz CT molecular complexity index is 424. The molecule has 0 saturated heterocycles. The molecule has 0 spiro atoms. The number of aryl methyl sites for hydroxylation is 1. The van der Waals surface area contributed by atoms with E-state index in [1.54, 1.807) is 0 Å². The average Bonchev–Trinajstić information content (AvgIpc) is 2.63. The van der Waals surface area contributed by atoms with Gasteiger partial charge in [0.25, 0.3) is 0 Å². The van der Waals surface area contributed by atoms with Gasteiger partial charge >= 0.3 is 0 Å². The van der Waals surface area contributed by atoms with Gasteiger partial charge in [-0.1, -0.05) is 64.3 Å². The molecule has 0 heterocycles. The molecule has 0 aliphatic heterocycles. The lowest BCUT2D eigenvalue weighted by Crippen LogP contribution is -2.36. The Hall–Kier alpha value is -0.820. The Morgan fingerprint density at radius 2 is 2.05 bits per heavy atom. The van der Waals surface area contributed by atoms with Crippen LogP contribution in [-0.2, 0) is 12.0 Å². The van der Waals surface area contributed by atoms with E-state index in [0.29, 0.717) is 0 Å². The second kappa shape index (κ2) is 6.76. The smallest absolute Gasteiger partial charge is 0.0409 e. The van der Waals surface area contributed by atoms with Crippen molar-refractivity contribution in [1.82, 2.24) is 0 Å². The predicted molar refractivity (Wildman–Crippen MR) is 87.7 cm³/mol. The van der Waals surface area contributed by atoms with Crippen LogP contribution in [0.25, 0.3) is 0 Å². The van der Waals surface area contributed by atoms with E-state index < -0.39 is 0 Å². The van der Waals surface area contributed by atoms with Crippen molar-refractivity contribution < 1.29 is 0 Å². The van der Waals surface area contributed by atoms with Crippen molar-refractivity contribution in [1.29, 1.82) is 0 Å². The zero-order valence-electron chi connectivity index (χ0n) is 13.5. The first-order valence-electron chi connectivity index (χ1n) is 8.43. The van der Waals surface area contributed by atoms with Crippen LogP contribution in [0, 0.1) is 11.8 Å². The van der Waals surface area contributed by atoms with Gasteiger partial charge in [0, 0.05) is 5.54 Å². The summed E-state index contributed by atoms with van der Waals surface area (Å²) < 4.78 is 0. The minimum atomic E-state index is -0.0899. The van der Waals surface area contributed by atoms with E-state index in [4.69, 9.17) is 5.73 Å². The van der Waals surface area contributed by atoms with Crippen LogP contribution in [0.2, 0.25) is 0 Å². The summed E-state index contributed by atoms with van der Waals surface area (Å²) in [6, 6.07) is 9.04. The zero-order valence-corrected chi connectivity index (χ0v) is 13.5. The van der Waals surface area contributed by atoms with Crippen LogP contribution in [0.15, 0.2) is 24.3 Å². The van der Waals surface area contributed by atoms with E-state index in [1.165, 1.54) is 43.2 Å². The zero-order chi connectivity index (χ0) is 14.6. The van der Waals surface area contributed by atoms with E-state index in [0.717, 1.165) is 24.7 Å². The molecule has 1 aromatic rings. The number of rotatable bonds is 4. The van der Waals surface area contributed by atoms with Gasteiger partial charge in [-0.05, 0) is 48.6 Å². The van der Waals surface area contributed by atoms with Crippen LogP contribution in [0.5, 0.6) is 0 Å². The van der Waals surface area contributed by atoms with Crippen LogP contribution in [0.1, 0.15) is 70.4 Å². The molecular weight excluding hydrogens is 242 g/mol. The summed E-state index contributed by atoms with van der Waals surface area (Å²) in [5.41, 5.74) is 9.53. The van der Waals surface area contributed by atoms with Gasteiger partial charge in [-0.25, -0.2) is 0 Å². The summed E-state index contributed by atoms with van der Waals surface area (Å²) in [5, 5.41) is 0. The minimum absolute atomic E-state index is 0.0899. The molecule has 1 nitrogen and oxygen atoms in total. The standard InChI is InChI=1S/C19H31N/c1-4-7-16-8-5-10-18(14-16)19(20)12-6-9-17(11-13-19)15(2)3/h5,8,10,14-15,17H,4,6-7,9,11-13,20H2,1-3H3. The van der Waals surface area contributed by atoms with E-state index >= 15 is 0 Å². The van der Waals surface area contributed by atoms with Crippen LogP contribution >= 0.6 is 0 Å². The Labute approximate surface area is 125 Å². The molecule has 1 aromatic carbocycles. The number of hydrogen-bond acceptors (Lipinski definition) is 1. The quantitative estimate of drug-likeness (QED) is 0.765. The highest BCUT2D eigenvalue weighted by Gasteiger charge is 2.31. The SMILES string of the molecule is CCCc1cccc(C2(N)CCCC(C(C)C)CC2)c1. The summed E-state index contributed by atoms with van der Waals surface area (Å²) >= 11 is 0. The second-order valence-corrected chi connectivity index (χ2v) is 7.04. The Morgan fingerprint density at radius 1 is 1.25 bits per heavy atom. The molecule has 0 radical (unpaired) electrons. The molecule has 112 valence electrons. The monoisotopic (exact) mass is 273 g/mol. The third-order valence-corrected chi connectivity index (χ3v) is 5.14. The number of benzene rings is 1. The van der Waals surface area contributed by atoms with Gasteiger partial charge in [-0.15, -0.1) is 0 Å². The van der Waals surface area contributed by atoms with Gasteiger partial charge in [0.05, 0.1) is 0 Å². The topological polar surface area (TPSA) is 26.0 Å². The molecule has 2 N–H and O–H groups in total. The normalized spacial score (nSPS) is 27.6. The molecule has 1 saturated carbocycles. The van der Waals surface area contributed by atoms with Crippen LogP contribution < -0.4 is 5.73 Å². The van der Waals surface area contributed by atoms with Crippen LogP contribution in [0.4, 0.5) is 0 Å². The lowest BCUT2D eigenvalue weighted by molar-refractivity contribution is 0.325. The molecule has 2 unspecified atom stereocenters. The molecule has 0 amide bonds. The summed E-state index contributed by atoms with van der Waals surface area (Å²) in [4.78, 5) is 0. The summed E-state index contributed by atoms with van der Waals surface area (Å²) in [6.07, 6.45) is 8.57. The maximum atomic E-state index is 6.81. The molecule has 2 rings (SSSR count). The summed E-state index contributed by atoms with van der Waals surface area (Å²) in [7, 11) is 0. The first-order valence-corrected chi connectivity index (χ1v) is 8.43. The fourth-order valence-corrected chi connectivity index (χ4v) is 3.67. The molecule has 2 atom stereocenters. The fraction of sp³-hybridized carbons (Fsp3) is 0.684. The predicted octanol–water partition coefficient (Wildman–Crippen LogP) is 5.03. The van der Waals surface area contributed by atoms with E-state index in [1.807, 2.05) is 0 Å². The largest absolute Gasteiger partial charge is 0.321 e. The highest BCUT2D eigenvalue weighted by atomic mass is 14.7. The highest BCUT2D eigenvalue weighted by Crippen LogP contribution is 2.38. The lowest BCUT2D eigenvalue weighted by Gasteiger charge is -2.29. The van der Waals surface area contributed by atoms with Crippen LogP contribution in [0.3, 0.4) is 0 Å². The average molecular weight is 273 g/mol. The Morgan fingerprint density at radius 3 is 2.75 bits per heavy atom. The van der Waals surface area contributed by atoms with E-state index in [2.05, 4.69) is 45.0 Å².